The minimum atomic E-state index is 0.00241. The lowest BCUT2D eigenvalue weighted by atomic mass is 10.3. The van der Waals surface area contributed by atoms with E-state index >= 15 is 0 Å². The van der Waals surface area contributed by atoms with Crippen LogP contribution < -0.4 is 0 Å². The highest BCUT2D eigenvalue weighted by Crippen LogP contribution is 2.28. The molecule has 0 aliphatic carbocycles. The number of methoxy groups -OCH3 is 1. The van der Waals surface area contributed by atoms with Crippen molar-refractivity contribution >= 4 is 40.6 Å². The molecule has 1 heterocycles. The summed E-state index contributed by atoms with van der Waals surface area (Å²) in [4.78, 5) is 7.46. The highest BCUT2D eigenvalue weighted by atomic mass is 35.5. The van der Waals surface area contributed by atoms with Gasteiger partial charge in [-0.15, -0.1) is 0 Å². The van der Waals surface area contributed by atoms with E-state index in [4.69, 9.17) is 39.5 Å². The fourth-order valence-electron chi connectivity index (χ4n) is 0.676. The molecule has 0 radical (unpaired) electrons. The Labute approximate surface area is 90.3 Å². The van der Waals surface area contributed by atoms with E-state index in [9.17, 15) is 0 Å². The molecule has 1 aromatic heterocycles. The third-order valence-corrected chi connectivity index (χ3v) is 2.19. The number of nitrogens with zero attached hydrogens (tertiary/aromatic N) is 2. The summed E-state index contributed by atoms with van der Waals surface area (Å²) in [5, 5.41) is 0.260. The van der Waals surface area contributed by atoms with E-state index in [-0.39, 0.29) is 21.2 Å². The molecular weight excluding hydrogens is 234 g/mol. The molecule has 13 heavy (non-hydrogen) atoms. The van der Waals surface area contributed by atoms with Gasteiger partial charge in [0.1, 0.15) is 16.5 Å². The van der Waals surface area contributed by atoms with Crippen LogP contribution in [0.25, 0.3) is 5.76 Å². The predicted molar refractivity (Wildman–Crippen MR) is 53.1 cm³/mol. The van der Waals surface area contributed by atoms with Crippen LogP contribution in [-0.2, 0) is 4.74 Å². The molecule has 0 aromatic carbocycles. The molecule has 0 amide bonds. The van der Waals surface area contributed by atoms with Crippen molar-refractivity contribution in [2.24, 2.45) is 0 Å². The molecule has 0 unspecified atom stereocenters. The van der Waals surface area contributed by atoms with Gasteiger partial charge in [0.2, 0.25) is 5.28 Å². The van der Waals surface area contributed by atoms with E-state index in [1.54, 1.807) is 0 Å². The van der Waals surface area contributed by atoms with E-state index in [0.29, 0.717) is 5.69 Å². The quantitative estimate of drug-likeness (QED) is 0.452. The molecule has 3 nitrogen and oxygen atoms in total. The van der Waals surface area contributed by atoms with Gasteiger partial charge in [-0.05, 0) is 11.6 Å². The molecule has 0 atom stereocenters. The number of rotatable bonds is 2. The first-order valence-corrected chi connectivity index (χ1v) is 4.31. The van der Waals surface area contributed by atoms with Gasteiger partial charge in [-0.3, -0.25) is 0 Å². The van der Waals surface area contributed by atoms with Gasteiger partial charge in [0.05, 0.1) is 7.11 Å². The smallest absolute Gasteiger partial charge is 0.224 e. The molecule has 0 aliphatic heterocycles. The Kier molecular flexibility index (Phi) is 3.36. The van der Waals surface area contributed by atoms with E-state index < -0.39 is 0 Å². The molecule has 1 aromatic rings. The van der Waals surface area contributed by atoms with Crippen LogP contribution in [-0.4, -0.2) is 17.1 Å². The van der Waals surface area contributed by atoms with Crippen LogP contribution in [0.3, 0.4) is 0 Å². The van der Waals surface area contributed by atoms with Gasteiger partial charge in [0.15, 0.2) is 5.15 Å². The Morgan fingerprint density at radius 2 is 1.92 bits per heavy atom. The van der Waals surface area contributed by atoms with Gasteiger partial charge in [0.25, 0.3) is 0 Å². The fourth-order valence-corrected chi connectivity index (χ4v) is 1.25. The lowest BCUT2D eigenvalue weighted by Crippen LogP contribution is -1.95. The summed E-state index contributed by atoms with van der Waals surface area (Å²) in [6, 6.07) is 0. The van der Waals surface area contributed by atoms with Crippen molar-refractivity contribution in [1.29, 1.82) is 0 Å². The van der Waals surface area contributed by atoms with Gasteiger partial charge in [0, 0.05) is 0 Å². The van der Waals surface area contributed by atoms with Crippen molar-refractivity contribution in [1.82, 2.24) is 9.97 Å². The number of halogens is 3. The van der Waals surface area contributed by atoms with Crippen molar-refractivity contribution < 1.29 is 4.74 Å². The summed E-state index contributed by atoms with van der Waals surface area (Å²) in [6.45, 7) is 3.57. The van der Waals surface area contributed by atoms with Crippen LogP contribution in [0.15, 0.2) is 6.58 Å². The van der Waals surface area contributed by atoms with Crippen LogP contribution in [0.4, 0.5) is 0 Å². The molecule has 0 aliphatic rings. The molecular formula is C7H5Cl3N2O. The van der Waals surface area contributed by atoms with Crippen LogP contribution in [0.5, 0.6) is 0 Å². The highest BCUT2D eigenvalue weighted by molar-refractivity contribution is 6.42. The minimum Gasteiger partial charge on any atom is -0.495 e. The molecule has 1 rings (SSSR count). The Morgan fingerprint density at radius 3 is 2.46 bits per heavy atom. The maximum absolute atomic E-state index is 5.78. The molecule has 6 heteroatoms. The first kappa shape index (κ1) is 10.6. The maximum Gasteiger partial charge on any atom is 0.224 e. The van der Waals surface area contributed by atoms with Crippen molar-refractivity contribution in [3.05, 3.63) is 27.7 Å². The Morgan fingerprint density at radius 1 is 1.31 bits per heavy atom. The van der Waals surface area contributed by atoms with Crippen LogP contribution in [0.1, 0.15) is 5.69 Å². The molecule has 0 spiro atoms. The van der Waals surface area contributed by atoms with Crippen LogP contribution in [0, 0.1) is 0 Å². The Balaban J connectivity index is 3.28. The monoisotopic (exact) mass is 238 g/mol. The summed E-state index contributed by atoms with van der Waals surface area (Å²) in [6.07, 6.45) is 0. The van der Waals surface area contributed by atoms with E-state index in [2.05, 4.69) is 16.5 Å². The van der Waals surface area contributed by atoms with Gasteiger partial charge in [-0.25, -0.2) is 9.97 Å². The molecule has 70 valence electrons. The second kappa shape index (κ2) is 4.13. The lowest BCUT2D eigenvalue weighted by molar-refractivity contribution is 0.369. The summed E-state index contributed by atoms with van der Waals surface area (Å²) in [5.74, 6) is 0.288. The molecule has 0 fully saturated rings. The van der Waals surface area contributed by atoms with Gasteiger partial charge in [-0.2, -0.15) is 0 Å². The Bertz CT molecular complexity index is 354. The third-order valence-electron chi connectivity index (χ3n) is 1.29. The average Bonchev–Trinajstić information content (AvgIpc) is 2.10. The van der Waals surface area contributed by atoms with Gasteiger partial charge in [-0.1, -0.05) is 29.8 Å². The van der Waals surface area contributed by atoms with Gasteiger partial charge >= 0.3 is 0 Å². The predicted octanol–water partition coefficient (Wildman–Crippen LogP) is 3.05. The maximum atomic E-state index is 5.78. The normalized spacial score (nSPS) is 9.85. The lowest BCUT2D eigenvalue weighted by Gasteiger charge is -2.06. The largest absolute Gasteiger partial charge is 0.495 e. The first-order chi connectivity index (χ1) is 6.06. The number of aromatic nitrogens is 2. The van der Waals surface area contributed by atoms with Crippen LogP contribution in [0.2, 0.25) is 15.5 Å². The number of hydrogen-bond donors (Lipinski definition) is 0. The Hall–Kier alpha value is -0.510. The molecule has 0 bridgehead atoms. The second-order valence-corrected chi connectivity index (χ2v) is 3.15. The molecule has 0 saturated heterocycles. The topological polar surface area (TPSA) is 35.0 Å². The van der Waals surface area contributed by atoms with Gasteiger partial charge < -0.3 is 4.74 Å². The van der Waals surface area contributed by atoms with E-state index in [1.165, 1.54) is 7.11 Å². The molecule has 0 N–H and O–H groups in total. The van der Waals surface area contributed by atoms with E-state index in [0.717, 1.165) is 0 Å². The number of ether oxygens (including phenoxy) is 1. The van der Waals surface area contributed by atoms with Crippen LogP contribution >= 0.6 is 34.8 Å². The summed E-state index contributed by atoms with van der Waals surface area (Å²) >= 11 is 17.0. The summed E-state index contributed by atoms with van der Waals surface area (Å²) in [5.41, 5.74) is 0.300. The first-order valence-electron chi connectivity index (χ1n) is 3.18. The zero-order valence-electron chi connectivity index (χ0n) is 6.64. The van der Waals surface area contributed by atoms with Crippen molar-refractivity contribution in [3.8, 4) is 0 Å². The standard InChI is InChI=1S/C7H5Cl3N2O/c1-3(13-2)5-4(8)6(9)12-7(10)11-5/h1H2,2H3. The second-order valence-electron chi connectivity index (χ2n) is 2.07. The van der Waals surface area contributed by atoms with Crippen molar-refractivity contribution in [2.75, 3.05) is 7.11 Å². The van der Waals surface area contributed by atoms with E-state index in [1.807, 2.05) is 0 Å². The zero-order chi connectivity index (χ0) is 10.0. The zero-order valence-corrected chi connectivity index (χ0v) is 8.91. The minimum absolute atomic E-state index is 0.00241. The SMILES string of the molecule is C=C(OC)c1nc(Cl)nc(Cl)c1Cl. The molecule has 0 saturated carbocycles. The highest BCUT2D eigenvalue weighted by Gasteiger charge is 2.13. The average molecular weight is 239 g/mol. The fraction of sp³-hybridized carbons (Fsp3) is 0.143. The third kappa shape index (κ3) is 2.24. The summed E-state index contributed by atoms with van der Waals surface area (Å²) < 4.78 is 4.84. The van der Waals surface area contributed by atoms with Crippen molar-refractivity contribution in [2.45, 2.75) is 0 Å². The van der Waals surface area contributed by atoms with Crippen molar-refractivity contribution in [3.63, 3.8) is 0 Å². The summed E-state index contributed by atoms with van der Waals surface area (Å²) in [7, 11) is 1.45. The number of hydrogen-bond acceptors (Lipinski definition) is 3.